The predicted molar refractivity (Wildman–Crippen MR) is 104 cm³/mol. The van der Waals surface area contributed by atoms with E-state index in [2.05, 4.69) is 36.3 Å². The number of morpholine rings is 1. The highest BCUT2D eigenvalue weighted by molar-refractivity contribution is 5.96. The van der Waals surface area contributed by atoms with Crippen molar-refractivity contribution in [2.24, 2.45) is 0 Å². The average Bonchev–Trinajstić information content (AvgIpc) is 2.64. The Morgan fingerprint density at radius 1 is 1.19 bits per heavy atom. The van der Waals surface area contributed by atoms with Gasteiger partial charge in [-0.05, 0) is 52.0 Å². The summed E-state index contributed by atoms with van der Waals surface area (Å²) in [6, 6.07) is 7.06. The third-order valence-electron chi connectivity index (χ3n) is 4.50. The molecular weight excluding hydrogens is 346 g/mol. The van der Waals surface area contributed by atoms with Crippen LogP contribution in [-0.4, -0.2) is 67.7 Å². The summed E-state index contributed by atoms with van der Waals surface area (Å²) in [5.41, 5.74) is 0.496. The summed E-state index contributed by atoms with van der Waals surface area (Å²) in [4.78, 5) is 26.5. The van der Waals surface area contributed by atoms with E-state index in [-0.39, 0.29) is 36.6 Å². The second kappa shape index (κ2) is 10.3. The van der Waals surface area contributed by atoms with Crippen molar-refractivity contribution in [2.45, 2.75) is 45.9 Å². The molecule has 150 valence electrons. The summed E-state index contributed by atoms with van der Waals surface area (Å²) in [5, 5.41) is 5.53. The van der Waals surface area contributed by atoms with Gasteiger partial charge in [0, 0.05) is 31.2 Å². The Bertz CT molecular complexity index is 610. The van der Waals surface area contributed by atoms with Crippen LogP contribution < -0.4 is 15.4 Å². The summed E-state index contributed by atoms with van der Waals surface area (Å²) >= 11 is 0. The lowest BCUT2D eigenvalue weighted by Gasteiger charge is -2.39. The summed E-state index contributed by atoms with van der Waals surface area (Å²) in [7, 11) is 0. The number of carbonyl (C=O) groups excluding carboxylic acids is 2. The van der Waals surface area contributed by atoms with Gasteiger partial charge >= 0.3 is 0 Å². The molecule has 0 saturated carbocycles. The number of nitrogens with zero attached hydrogens (tertiary/aromatic N) is 1. The van der Waals surface area contributed by atoms with E-state index in [0.717, 1.165) is 13.1 Å². The Balaban J connectivity index is 1.71. The quantitative estimate of drug-likeness (QED) is 0.716. The van der Waals surface area contributed by atoms with Crippen molar-refractivity contribution >= 4 is 11.8 Å². The van der Waals surface area contributed by atoms with Crippen LogP contribution in [0.4, 0.5) is 0 Å². The number of rotatable bonds is 8. The first-order chi connectivity index (χ1) is 12.9. The molecule has 1 aliphatic heterocycles. The number of ether oxygens (including phenoxy) is 2. The van der Waals surface area contributed by atoms with Gasteiger partial charge in [0.05, 0.1) is 25.4 Å². The molecule has 2 amide bonds. The van der Waals surface area contributed by atoms with Gasteiger partial charge < -0.3 is 20.1 Å². The topological polar surface area (TPSA) is 79.9 Å². The van der Waals surface area contributed by atoms with Crippen molar-refractivity contribution in [1.29, 1.82) is 0 Å². The zero-order valence-corrected chi connectivity index (χ0v) is 16.7. The largest absolute Gasteiger partial charge is 0.494 e. The maximum atomic E-state index is 12.1. The summed E-state index contributed by atoms with van der Waals surface area (Å²) in [5.74, 6) is 0.236. The van der Waals surface area contributed by atoms with Crippen molar-refractivity contribution in [3.05, 3.63) is 29.8 Å². The predicted octanol–water partition coefficient (Wildman–Crippen LogP) is 1.43. The van der Waals surface area contributed by atoms with E-state index in [1.165, 1.54) is 0 Å². The fraction of sp³-hybridized carbons (Fsp3) is 0.600. The fourth-order valence-corrected chi connectivity index (χ4v) is 3.16. The molecule has 0 aromatic heterocycles. The lowest BCUT2D eigenvalue weighted by molar-refractivity contribution is -0.120. The molecule has 2 N–H and O–H groups in total. The van der Waals surface area contributed by atoms with Crippen LogP contribution in [-0.2, 0) is 9.53 Å². The standard InChI is InChI=1S/C20H31N3O4/c1-5-26-18-8-6-17(7-9-18)20(25)22-11-19(24)21-10-14(2)23-12-15(3)27-16(4)13-23/h6-9,14-16H,5,10-13H2,1-4H3,(H,21,24)(H,22,25). The van der Waals surface area contributed by atoms with Crippen molar-refractivity contribution in [3.63, 3.8) is 0 Å². The van der Waals surface area contributed by atoms with Crippen LogP contribution >= 0.6 is 0 Å². The molecule has 2 rings (SSSR count). The van der Waals surface area contributed by atoms with Gasteiger partial charge in [-0.15, -0.1) is 0 Å². The molecule has 7 nitrogen and oxygen atoms in total. The molecule has 1 aromatic carbocycles. The number of hydrogen-bond donors (Lipinski definition) is 2. The molecule has 0 radical (unpaired) electrons. The third-order valence-corrected chi connectivity index (χ3v) is 4.50. The highest BCUT2D eigenvalue weighted by Gasteiger charge is 2.25. The van der Waals surface area contributed by atoms with Gasteiger partial charge in [0.15, 0.2) is 0 Å². The van der Waals surface area contributed by atoms with Gasteiger partial charge in [-0.2, -0.15) is 0 Å². The van der Waals surface area contributed by atoms with Gasteiger partial charge in [-0.25, -0.2) is 0 Å². The molecular formula is C20H31N3O4. The molecule has 3 unspecified atom stereocenters. The first-order valence-electron chi connectivity index (χ1n) is 9.56. The lowest BCUT2D eigenvalue weighted by Crippen LogP contribution is -2.52. The zero-order valence-electron chi connectivity index (χ0n) is 16.7. The molecule has 0 bridgehead atoms. The van der Waals surface area contributed by atoms with Gasteiger partial charge in [-0.1, -0.05) is 0 Å². The van der Waals surface area contributed by atoms with Crippen molar-refractivity contribution < 1.29 is 19.1 Å². The first kappa shape index (κ1) is 21.2. The minimum Gasteiger partial charge on any atom is -0.494 e. The van der Waals surface area contributed by atoms with Crippen LogP contribution in [0.1, 0.15) is 38.1 Å². The van der Waals surface area contributed by atoms with E-state index in [1.807, 2.05) is 6.92 Å². The SMILES string of the molecule is CCOc1ccc(C(=O)NCC(=O)NCC(C)N2CC(C)OC(C)C2)cc1. The monoisotopic (exact) mass is 377 g/mol. The van der Waals surface area contributed by atoms with Gasteiger partial charge in [0.2, 0.25) is 5.91 Å². The molecule has 7 heteroatoms. The Kier molecular flexibility index (Phi) is 8.06. The van der Waals surface area contributed by atoms with Crippen LogP contribution in [0.15, 0.2) is 24.3 Å². The Labute approximate surface area is 161 Å². The number of nitrogens with one attached hydrogen (secondary N) is 2. The summed E-state index contributed by atoms with van der Waals surface area (Å²) < 4.78 is 11.1. The molecule has 1 saturated heterocycles. The van der Waals surface area contributed by atoms with Crippen LogP contribution in [0.2, 0.25) is 0 Å². The Morgan fingerprint density at radius 3 is 2.41 bits per heavy atom. The Hall–Kier alpha value is -2.12. The highest BCUT2D eigenvalue weighted by Crippen LogP contribution is 2.13. The fourth-order valence-electron chi connectivity index (χ4n) is 3.16. The number of carbonyl (C=O) groups is 2. The van der Waals surface area contributed by atoms with Crippen LogP contribution in [0.5, 0.6) is 5.75 Å². The molecule has 1 aliphatic rings. The zero-order chi connectivity index (χ0) is 19.8. The van der Waals surface area contributed by atoms with Crippen molar-refractivity contribution in [3.8, 4) is 5.75 Å². The molecule has 0 aliphatic carbocycles. The van der Waals surface area contributed by atoms with Gasteiger partial charge in [0.25, 0.3) is 5.91 Å². The van der Waals surface area contributed by atoms with E-state index in [9.17, 15) is 9.59 Å². The second-order valence-electron chi connectivity index (χ2n) is 7.00. The number of benzene rings is 1. The van der Waals surface area contributed by atoms with Crippen LogP contribution in [0.25, 0.3) is 0 Å². The molecule has 1 fully saturated rings. The highest BCUT2D eigenvalue weighted by atomic mass is 16.5. The minimum atomic E-state index is -0.280. The van der Waals surface area contributed by atoms with Gasteiger partial charge in [-0.3, -0.25) is 14.5 Å². The smallest absolute Gasteiger partial charge is 0.251 e. The third kappa shape index (κ3) is 6.84. The van der Waals surface area contributed by atoms with Crippen molar-refractivity contribution in [1.82, 2.24) is 15.5 Å². The van der Waals surface area contributed by atoms with E-state index >= 15 is 0 Å². The summed E-state index contributed by atoms with van der Waals surface area (Å²) in [6.45, 7) is 10.9. The van der Waals surface area contributed by atoms with E-state index in [4.69, 9.17) is 9.47 Å². The normalized spacial score (nSPS) is 21.3. The van der Waals surface area contributed by atoms with E-state index in [0.29, 0.717) is 24.5 Å². The van der Waals surface area contributed by atoms with Gasteiger partial charge in [0.1, 0.15) is 5.75 Å². The van der Waals surface area contributed by atoms with E-state index < -0.39 is 0 Å². The lowest BCUT2D eigenvalue weighted by atomic mass is 10.1. The Morgan fingerprint density at radius 2 is 1.81 bits per heavy atom. The molecule has 27 heavy (non-hydrogen) atoms. The van der Waals surface area contributed by atoms with Crippen molar-refractivity contribution in [2.75, 3.05) is 32.8 Å². The maximum Gasteiger partial charge on any atom is 0.251 e. The maximum absolute atomic E-state index is 12.1. The van der Waals surface area contributed by atoms with Crippen LogP contribution in [0.3, 0.4) is 0 Å². The average molecular weight is 377 g/mol. The second-order valence-corrected chi connectivity index (χ2v) is 7.00. The molecule has 1 heterocycles. The molecule has 3 atom stereocenters. The first-order valence-corrected chi connectivity index (χ1v) is 9.56. The number of amides is 2. The summed E-state index contributed by atoms with van der Waals surface area (Å²) in [6.07, 6.45) is 0.389. The van der Waals surface area contributed by atoms with E-state index in [1.54, 1.807) is 24.3 Å². The minimum absolute atomic E-state index is 0.0469. The molecule has 0 spiro atoms. The number of hydrogen-bond acceptors (Lipinski definition) is 5. The molecule has 1 aromatic rings. The van der Waals surface area contributed by atoms with Crippen LogP contribution in [0, 0.1) is 0 Å².